The van der Waals surface area contributed by atoms with Crippen molar-refractivity contribution in [2.75, 3.05) is 0 Å². The SMILES string of the molecule is CCCCCn1c(S)n[nH]c1=O. The lowest BCUT2D eigenvalue weighted by Gasteiger charge is -1.99. The first-order chi connectivity index (χ1) is 5.75. The predicted molar refractivity (Wildman–Crippen MR) is 49.6 cm³/mol. The summed E-state index contributed by atoms with van der Waals surface area (Å²) in [6, 6.07) is 0. The largest absolute Gasteiger partial charge is 0.343 e. The van der Waals surface area contributed by atoms with Crippen LogP contribution < -0.4 is 5.69 Å². The third kappa shape index (κ3) is 2.14. The molecule has 4 nitrogen and oxygen atoms in total. The van der Waals surface area contributed by atoms with Crippen LogP contribution in [0.3, 0.4) is 0 Å². The number of hydrogen-bond donors (Lipinski definition) is 2. The quantitative estimate of drug-likeness (QED) is 0.547. The van der Waals surface area contributed by atoms with E-state index in [4.69, 9.17) is 0 Å². The van der Waals surface area contributed by atoms with Gasteiger partial charge in [0.05, 0.1) is 0 Å². The van der Waals surface area contributed by atoms with Crippen LogP contribution in [0.25, 0.3) is 0 Å². The van der Waals surface area contributed by atoms with E-state index in [-0.39, 0.29) is 5.69 Å². The van der Waals surface area contributed by atoms with Gasteiger partial charge in [0.15, 0.2) is 5.16 Å². The molecule has 0 bridgehead atoms. The molecule has 0 aliphatic rings. The number of unbranched alkanes of at least 4 members (excludes halogenated alkanes) is 2. The zero-order chi connectivity index (χ0) is 8.97. The number of H-pyrrole nitrogens is 1. The Hall–Kier alpha value is -0.710. The Morgan fingerprint density at radius 1 is 1.58 bits per heavy atom. The summed E-state index contributed by atoms with van der Waals surface area (Å²) in [5.74, 6) is 0. The third-order valence-corrected chi connectivity index (χ3v) is 2.06. The van der Waals surface area contributed by atoms with Gasteiger partial charge in [0.2, 0.25) is 0 Å². The monoisotopic (exact) mass is 187 g/mol. The van der Waals surface area contributed by atoms with E-state index in [2.05, 4.69) is 29.7 Å². The summed E-state index contributed by atoms with van der Waals surface area (Å²) >= 11 is 4.04. The van der Waals surface area contributed by atoms with Gasteiger partial charge in [0.1, 0.15) is 0 Å². The summed E-state index contributed by atoms with van der Waals surface area (Å²) in [7, 11) is 0. The van der Waals surface area contributed by atoms with Crippen LogP contribution in [0, 0.1) is 0 Å². The number of nitrogens with zero attached hydrogens (tertiary/aromatic N) is 2. The Morgan fingerprint density at radius 2 is 2.33 bits per heavy atom. The van der Waals surface area contributed by atoms with Crippen molar-refractivity contribution in [2.45, 2.75) is 37.9 Å². The van der Waals surface area contributed by atoms with E-state index in [0.717, 1.165) is 19.3 Å². The second kappa shape index (κ2) is 4.35. The van der Waals surface area contributed by atoms with Crippen molar-refractivity contribution in [1.29, 1.82) is 0 Å². The fourth-order valence-electron chi connectivity index (χ4n) is 1.03. The molecular formula is C7H13N3OS. The summed E-state index contributed by atoms with van der Waals surface area (Å²) in [6.07, 6.45) is 3.28. The summed E-state index contributed by atoms with van der Waals surface area (Å²) < 4.78 is 1.54. The number of rotatable bonds is 4. The summed E-state index contributed by atoms with van der Waals surface area (Å²) in [5, 5.41) is 6.50. The van der Waals surface area contributed by atoms with Gasteiger partial charge in [0.25, 0.3) is 0 Å². The molecule has 0 unspecified atom stereocenters. The lowest BCUT2D eigenvalue weighted by atomic mass is 10.2. The van der Waals surface area contributed by atoms with Crippen LogP contribution in [0.15, 0.2) is 9.95 Å². The Morgan fingerprint density at radius 3 is 2.83 bits per heavy atom. The normalized spacial score (nSPS) is 10.5. The van der Waals surface area contributed by atoms with Crippen molar-refractivity contribution >= 4 is 12.6 Å². The standard InChI is InChI=1S/C7H13N3OS/c1-2-3-4-5-10-6(11)8-9-7(10)12/h2-5H2,1H3,(H,8,11)(H,9,12). The van der Waals surface area contributed by atoms with Gasteiger partial charge in [-0.3, -0.25) is 4.57 Å². The molecule has 1 aromatic rings. The number of aromatic nitrogens is 3. The van der Waals surface area contributed by atoms with Gasteiger partial charge in [-0.25, -0.2) is 9.89 Å². The summed E-state index contributed by atoms with van der Waals surface area (Å²) in [6.45, 7) is 2.84. The lowest BCUT2D eigenvalue weighted by molar-refractivity contribution is 0.555. The van der Waals surface area contributed by atoms with Crippen LogP contribution in [-0.2, 0) is 6.54 Å². The smallest absolute Gasteiger partial charge is 0.270 e. The molecular weight excluding hydrogens is 174 g/mol. The fourth-order valence-corrected chi connectivity index (χ4v) is 1.27. The van der Waals surface area contributed by atoms with Gasteiger partial charge in [-0.2, -0.15) is 0 Å². The highest BCUT2D eigenvalue weighted by Crippen LogP contribution is 2.00. The van der Waals surface area contributed by atoms with Gasteiger partial charge < -0.3 is 0 Å². The molecule has 0 spiro atoms. The molecule has 12 heavy (non-hydrogen) atoms. The molecule has 0 radical (unpaired) electrons. The molecule has 0 aliphatic carbocycles. The minimum absolute atomic E-state index is 0.170. The second-order valence-electron chi connectivity index (χ2n) is 2.69. The molecule has 1 heterocycles. The molecule has 68 valence electrons. The van der Waals surface area contributed by atoms with Crippen LogP contribution in [0.2, 0.25) is 0 Å². The van der Waals surface area contributed by atoms with Gasteiger partial charge in [-0.05, 0) is 6.42 Å². The van der Waals surface area contributed by atoms with E-state index < -0.39 is 0 Å². The van der Waals surface area contributed by atoms with Crippen molar-refractivity contribution in [3.8, 4) is 0 Å². The van der Waals surface area contributed by atoms with Crippen LogP contribution in [0.4, 0.5) is 0 Å². The topological polar surface area (TPSA) is 50.7 Å². The van der Waals surface area contributed by atoms with Crippen LogP contribution >= 0.6 is 12.6 Å². The molecule has 0 saturated carbocycles. The molecule has 0 fully saturated rings. The molecule has 1 aromatic heterocycles. The highest BCUT2D eigenvalue weighted by atomic mass is 32.1. The van der Waals surface area contributed by atoms with Crippen molar-refractivity contribution in [3.05, 3.63) is 10.5 Å². The fraction of sp³-hybridized carbons (Fsp3) is 0.714. The maximum Gasteiger partial charge on any atom is 0.343 e. The molecule has 0 aliphatic heterocycles. The van der Waals surface area contributed by atoms with Crippen molar-refractivity contribution < 1.29 is 0 Å². The molecule has 0 aromatic carbocycles. The van der Waals surface area contributed by atoms with Crippen LogP contribution in [0.1, 0.15) is 26.2 Å². The minimum Gasteiger partial charge on any atom is -0.270 e. The average molecular weight is 187 g/mol. The molecule has 0 saturated heterocycles. The van der Waals surface area contributed by atoms with E-state index in [0.29, 0.717) is 11.7 Å². The highest BCUT2D eigenvalue weighted by molar-refractivity contribution is 7.80. The summed E-state index contributed by atoms with van der Waals surface area (Å²) in [4.78, 5) is 11.0. The molecule has 1 N–H and O–H groups in total. The van der Waals surface area contributed by atoms with E-state index in [9.17, 15) is 4.79 Å². The maximum atomic E-state index is 11.0. The Balaban J connectivity index is 2.56. The second-order valence-corrected chi connectivity index (χ2v) is 3.09. The maximum absolute atomic E-state index is 11.0. The number of hydrogen-bond acceptors (Lipinski definition) is 3. The van der Waals surface area contributed by atoms with E-state index >= 15 is 0 Å². The van der Waals surface area contributed by atoms with Crippen LogP contribution in [-0.4, -0.2) is 14.8 Å². The van der Waals surface area contributed by atoms with E-state index in [1.807, 2.05) is 0 Å². The van der Waals surface area contributed by atoms with Gasteiger partial charge >= 0.3 is 5.69 Å². The molecule has 1 rings (SSSR count). The first kappa shape index (κ1) is 9.38. The van der Waals surface area contributed by atoms with Gasteiger partial charge in [0, 0.05) is 6.54 Å². The van der Waals surface area contributed by atoms with Crippen molar-refractivity contribution in [3.63, 3.8) is 0 Å². The Bertz CT molecular complexity index is 291. The predicted octanol–water partition coefficient (Wildman–Crippen LogP) is 1.05. The van der Waals surface area contributed by atoms with E-state index in [1.165, 1.54) is 0 Å². The Labute approximate surface area is 76.4 Å². The number of thiol groups is 1. The van der Waals surface area contributed by atoms with Crippen molar-refractivity contribution in [2.24, 2.45) is 0 Å². The molecule has 0 atom stereocenters. The van der Waals surface area contributed by atoms with E-state index in [1.54, 1.807) is 4.57 Å². The first-order valence-corrected chi connectivity index (χ1v) is 4.54. The minimum atomic E-state index is -0.170. The highest BCUT2D eigenvalue weighted by Gasteiger charge is 2.01. The van der Waals surface area contributed by atoms with Gasteiger partial charge in [-0.15, -0.1) is 17.7 Å². The van der Waals surface area contributed by atoms with Gasteiger partial charge in [-0.1, -0.05) is 19.8 Å². The lowest BCUT2D eigenvalue weighted by Crippen LogP contribution is -2.17. The average Bonchev–Trinajstić information content (AvgIpc) is 2.35. The zero-order valence-electron chi connectivity index (χ0n) is 7.08. The Kier molecular flexibility index (Phi) is 3.40. The zero-order valence-corrected chi connectivity index (χ0v) is 7.97. The number of nitrogens with one attached hydrogen (secondary N) is 1. The third-order valence-electron chi connectivity index (χ3n) is 1.72. The number of aromatic amines is 1. The summed E-state index contributed by atoms with van der Waals surface area (Å²) in [5.41, 5.74) is -0.170. The van der Waals surface area contributed by atoms with Crippen LogP contribution in [0.5, 0.6) is 0 Å². The first-order valence-electron chi connectivity index (χ1n) is 4.10. The molecule has 5 heteroatoms. The van der Waals surface area contributed by atoms with Crippen molar-refractivity contribution in [1.82, 2.24) is 14.8 Å². The molecule has 0 amide bonds.